The van der Waals surface area contributed by atoms with E-state index >= 15 is 0 Å². The van der Waals surface area contributed by atoms with E-state index in [-0.39, 0.29) is 18.3 Å². The largest absolute Gasteiger partial charge is 0.473 e. The molecule has 6 rings (SSSR count). The number of imidazole rings is 1. The predicted molar refractivity (Wildman–Crippen MR) is 183 cm³/mol. The second kappa shape index (κ2) is 13.7. The molecule has 0 saturated carbocycles. The average molecular weight is 635 g/mol. The van der Waals surface area contributed by atoms with E-state index in [2.05, 4.69) is 17.0 Å². The summed E-state index contributed by atoms with van der Waals surface area (Å²) in [6.07, 6.45) is 2.26. The van der Waals surface area contributed by atoms with Crippen LogP contribution in [0.2, 0.25) is 0 Å². The van der Waals surface area contributed by atoms with Crippen LogP contribution in [-0.4, -0.2) is 38.8 Å². The number of carbonyl (C=O) groups excluding carboxylic acids is 1. The molecule has 5 aromatic rings. The highest BCUT2D eigenvalue weighted by molar-refractivity contribution is 5.82. The molecule has 0 aliphatic carbocycles. The number of aryl methyl sites for hydroxylation is 1. The minimum atomic E-state index is -0.470. The maximum absolute atomic E-state index is 13.8. The van der Waals surface area contributed by atoms with Crippen molar-refractivity contribution in [2.75, 3.05) is 18.0 Å². The number of hydrogen-bond donors (Lipinski definition) is 0. The van der Waals surface area contributed by atoms with Gasteiger partial charge in [0.2, 0.25) is 11.8 Å². The lowest BCUT2D eigenvalue weighted by molar-refractivity contribution is -0.156. The van der Waals surface area contributed by atoms with E-state index in [0.717, 1.165) is 53.8 Å². The molecular weight excluding hydrogens is 592 g/mol. The quantitative estimate of drug-likeness (QED) is 0.156. The number of piperidine rings is 1. The molecule has 0 radical (unpaired) electrons. The zero-order valence-electron chi connectivity index (χ0n) is 27.5. The Bertz CT molecular complexity index is 1890. The second-order valence-corrected chi connectivity index (χ2v) is 13.1. The highest BCUT2D eigenvalue weighted by atomic mass is 16.6. The molecule has 0 N–H and O–H groups in total. The van der Waals surface area contributed by atoms with Crippen LogP contribution in [0.15, 0.2) is 95.8 Å². The van der Waals surface area contributed by atoms with Crippen molar-refractivity contribution >= 4 is 22.7 Å². The van der Waals surface area contributed by atoms with E-state index < -0.39 is 5.60 Å². The van der Waals surface area contributed by atoms with Crippen molar-refractivity contribution in [3.05, 3.63) is 113 Å². The first kappa shape index (κ1) is 31.9. The van der Waals surface area contributed by atoms with E-state index in [1.165, 1.54) is 0 Å². The van der Waals surface area contributed by atoms with Crippen molar-refractivity contribution in [2.24, 2.45) is 13.0 Å². The van der Waals surface area contributed by atoms with Crippen LogP contribution in [-0.2, 0) is 29.8 Å². The minimum Gasteiger partial charge on any atom is -0.473 e. The fourth-order valence-corrected chi connectivity index (χ4v) is 6.00. The van der Waals surface area contributed by atoms with Crippen molar-refractivity contribution in [2.45, 2.75) is 58.8 Å². The van der Waals surface area contributed by atoms with Gasteiger partial charge in [-0.1, -0.05) is 60.7 Å². The molecule has 0 bridgehead atoms. The molecule has 0 unspecified atom stereocenters. The fourth-order valence-electron chi connectivity index (χ4n) is 6.00. The van der Waals surface area contributed by atoms with Gasteiger partial charge in [-0.15, -0.1) is 0 Å². The van der Waals surface area contributed by atoms with Crippen LogP contribution in [0.25, 0.3) is 16.7 Å². The summed E-state index contributed by atoms with van der Waals surface area (Å²) in [5, 5.41) is 0. The lowest BCUT2D eigenvalue weighted by Crippen LogP contribution is -2.35. The van der Waals surface area contributed by atoms with Crippen molar-refractivity contribution in [1.82, 2.24) is 14.1 Å². The van der Waals surface area contributed by atoms with Gasteiger partial charge in [0.1, 0.15) is 24.5 Å². The van der Waals surface area contributed by atoms with Gasteiger partial charge in [0.05, 0.1) is 11.0 Å². The summed E-state index contributed by atoms with van der Waals surface area (Å²) in [6, 6.07) is 29.5. The van der Waals surface area contributed by atoms with E-state index in [1.807, 2.05) is 93.6 Å². The topological polar surface area (TPSA) is 87.8 Å². The van der Waals surface area contributed by atoms with Crippen molar-refractivity contribution < 1.29 is 19.0 Å². The molecule has 1 fully saturated rings. The number of anilines is 1. The number of hydrogen-bond acceptors (Lipinski definition) is 7. The third-order valence-corrected chi connectivity index (χ3v) is 8.40. The number of ether oxygens (including phenoxy) is 3. The zero-order valence-corrected chi connectivity index (χ0v) is 27.5. The van der Waals surface area contributed by atoms with Crippen molar-refractivity contribution in [3.8, 4) is 17.4 Å². The van der Waals surface area contributed by atoms with E-state index in [4.69, 9.17) is 19.2 Å². The Morgan fingerprint density at radius 1 is 0.830 bits per heavy atom. The third-order valence-electron chi connectivity index (χ3n) is 8.40. The van der Waals surface area contributed by atoms with Crippen LogP contribution in [0.3, 0.4) is 0 Å². The fraction of sp³-hybridized carbons (Fsp3) is 0.342. The Labute approximate surface area is 275 Å². The van der Waals surface area contributed by atoms with Gasteiger partial charge in [-0.2, -0.15) is 4.98 Å². The van der Waals surface area contributed by atoms with Crippen molar-refractivity contribution in [1.29, 1.82) is 0 Å². The maximum atomic E-state index is 13.8. The number of carbonyl (C=O) groups is 1. The number of esters is 1. The predicted octanol–water partition coefficient (Wildman–Crippen LogP) is 6.83. The molecule has 1 saturated heterocycles. The van der Waals surface area contributed by atoms with Gasteiger partial charge >= 0.3 is 11.7 Å². The van der Waals surface area contributed by atoms with Gasteiger partial charge in [-0.05, 0) is 74.9 Å². The monoisotopic (exact) mass is 634 g/mol. The normalized spacial score (nSPS) is 13.9. The average Bonchev–Trinajstić information content (AvgIpc) is 3.31. The minimum absolute atomic E-state index is 0.133. The standard InChI is InChI=1S/C38H42N4O5/c1-38(2,3)47-35(43)23-27-19-21-41(22-20-27)30-15-16-31-33(24-30)40(4)37(44)42(31)32-17-18-34(45-25-28-11-7-5-8-12-28)39-36(32)46-26-29-13-9-6-10-14-29/h5-18,24,27H,19-23,25-26H2,1-4H3. The van der Waals surface area contributed by atoms with Gasteiger partial charge < -0.3 is 19.1 Å². The highest BCUT2D eigenvalue weighted by Crippen LogP contribution is 2.31. The van der Waals surface area contributed by atoms with Crippen LogP contribution in [0.4, 0.5) is 5.69 Å². The zero-order chi connectivity index (χ0) is 33.0. The number of fused-ring (bicyclic) bond motifs is 1. The Morgan fingerprint density at radius 3 is 2.11 bits per heavy atom. The second-order valence-electron chi connectivity index (χ2n) is 13.1. The molecule has 3 aromatic carbocycles. The van der Waals surface area contributed by atoms with Gasteiger partial charge in [0.25, 0.3) is 0 Å². The van der Waals surface area contributed by atoms with E-state index in [0.29, 0.717) is 36.4 Å². The number of benzene rings is 3. The molecule has 1 aliphatic rings. The SMILES string of the molecule is Cn1c(=O)n(-c2ccc(OCc3ccccc3)nc2OCc2ccccc2)c2ccc(N3CCC(CC(=O)OC(C)(C)C)CC3)cc21. The molecule has 9 heteroatoms. The summed E-state index contributed by atoms with van der Waals surface area (Å²) in [4.78, 5) is 33.2. The molecule has 47 heavy (non-hydrogen) atoms. The number of aromatic nitrogens is 3. The first-order valence-corrected chi connectivity index (χ1v) is 16.2. The summed E-state index contributed by atoms with van der Waals surface area (Å²) < 4.78 is 21.1. The summed E-state index contributed by atoms with van der Waals surface area (Å²) in [5.74, 6) is 0.888. The number of nitrogens with zero attached hydrogens (tertiary/aromatic N) is 4. The summed E-state index contributed by atoms with van der Waals surface area (Å²) in [6.45, 7) is 8.01. The molecule has 0 atom stereocenters. The summed E-state index contributed by atoms with van der Waals surface area (Å²) in [7, 11) is 1.79. The van der Waals surface area contributed by atoms with Gasteiger partial charge in [-0.3, -0.25) is 13.9 Å². The Balaban J connectivity index is 1.25. The van der Waals surface area contributed by atoms with Crippen LogP contribution in [0.1, 0.15) is 51.2 Å². The third kappa shape index (κ3) is 7.68. The Hall–Kier alpha value is -5.05. The van der Waals surface area contributed by atoms with E-state index in [9.17, 15) is 9.59 Å². The first-order chi connectivity index (χ1) is 22.6. The molecule has 3 heterocycles. The van der Waals surface area contributed by atoms with Crippen LogP contribution < -0.4 is 20.1 Å². The molecule has 0 amide bonds. The molecular formula is C38H42N4O5. The van der Waals surface area contributed by atoms with Crippen LogP contribution >= 0.6 is 0 Å². The summed E-state index contributed by atoms with van der Waals surface area (Å²) in [5.41, 5.74) is 4.50. The lowest BCUT2D eigenvalue weighted by Gasteiger charge is -2.33. The van der Waals surface area contributed by atoms with Crippen molar-refractivity contribution in [3.63, 3.8) is 0 Å². The first-order valence-electron chi connectivity index (χ1n) is 16.2. The van der Waals surface area contributed by atoms with Crippen LogP contribution in [0.5, 0.6) is 11.8 Å². The Morgan fingerprint density at radius 2 is 1.47 bits per heavy atom. The maximum Gasteiger partial charge on any atom is 0.333 e. The molecule has 244 valence electrons. The smallest absolute Gasteiger partial charge is 0.333 e. The van der Waals surface area contributed by atoms with Gasteiger partial charge in [-0.25, -0.2) is 4.79 Å². The van der Waals surface area contributed by atoms with Gasteiger partial charge in [0.15, 0.2) is 0 Å². The van der Waals surface area contributed by atoms with Crippen LogP contribution in [0, 0.1) is 5.92 Å². The molecule has 0 spiro atoms. The lowest BCUT2D eigenvalue weighted by atomic mass is 9.93. The number of rotatable bonds is 10. The van der Waals surface area contributed by atoms with Gasteiger partial charge in [0, 0.05) is 38.3 Å². The summed E-state index contributed by atoms with van der Waals surface area (Å²) >= 11 is 0. The number of pyridine rings is 1. The Kier molecular flexibility index (Phi) is 9.33. The molecule has 9 nitrogen and oxygen atoms in total. The highest BCUT2D eigenvalue weighted by Gasteiger charge is 2.26. The molecule has 1 aliphatic heterocycles. The molecule has 2 aromatic heterocycles. The van der Waals surface area contributed by atoms with E-state index in [1.54, 1.807) is 22.2 Å².